The molecule has 0 aliphatic heterocycles. The Balaban J connectivity index is 3.31. The third-order valence-electron chi connectivity index (χ3n) is 3.33. The molecule has 0 spiro atoms. The Labute approximate surface area is 121 Å². The summed E-state index contributed by atoms with van der Waals surface area (Å²) < 4.78 is 0. The maximum absolute atomic E-state index is 11.4. The van der Waals surface area contributed by atoms with E-state index < -0.39 is 11.8 Å². The number of aliphatic carboxylic acids is 1. The summed E-state index contributed by atoms with van der Waals surface area (Å²) >= 11 is 0. The van der Waals surface area contributed by atoms with E-state index in [1.807, 2.05) is 12.1 Å². The van der Waals surface area contributed by atoms with Gasteiger partial charge in [-0.05, 0) is 27.5 Å². The van der Waals surface area contributed by atoms with Gasteiger partial charge in [-0.15, -0.1) is 0 Å². The fraction of sp³-hybridized carbons (Fsp3) is 0.529. The van der Waals surface area contributed by atoms with Crippen molar-refractivity contribution in [3.63, 3.8) is 0 Å². The molecule has 0 radical (unpaired) electrons. The number of carbonyl (C=O) groups excluding carboxylic acids is 1. The zero-order valence-corrected chi connectivity index (χ0v) is 13.2. The fourth-order valence-corrected chi connectivity index (χ4v) is 1.92. The van der Waals surface area contributed by atoms with Crippen LogP contribution in [-0.4, -0.2) is 16.9 Å². The first-order valence-electron chi connectivity index (χ1n) is 6.82. The highest BCUT2D eigenvalue weighted by atomic mass is 16.4. The smallest absolute Gasteiger partial charge is 0.372 e. The number of carbonyl (C=O) groups is 2. The first-order valence-corrected chi connectivity index (χ1v) is 6.82. The van der Waals surface area contributed by atoms with Crippen molar-refractivity contribution in [2.75, 3.05) is 0 Å². The molecule has 1 N–H and O–H groups in total. The molecular formula is C17H24O3. The van der Waals surface area contributed by atoms with Crippen LogP contribution in [0.25, 0.3) is 0 Å². The van der Waals surface area contributed by atoms with Crippen LogP contribution >= 0.6 is 0 Å². The van der Waals surface area contributed by atoms with Gasteiger partial charge in [0.2, 0.25) is 5.78 Å². The second-order valence-electron chi connectivity index (χ2n) is 7.32. The Hall–Kier alpha value is -1.64. The Morgan fingerprint density at radius 3 is 1.60 bits per heavy atom. The summed E-state index contributed by atoms with van der Waals surface area (Å²) in [4.78, 5) is 22.2. The van der Waals surface area contributed by atoms with E-state index in [4.69, 9.17) is 5.11 Å². The van der Waals surface area contributed by atoms with E-state index in [0.29, 0.717) is 0 Å². The molecule has 0 amide bonds. The van der Waals surface area contributed by atoms with Crippen LogP contribution in [0.4, 0.5) is 0 Å². The lowest BCUT2D eigenvalue weighted by molar-refractivity contribution is -0.148. The van der Waals surface area contributed by atoms with Crippen molar-refractivity contribution >= 4 is 11.8 Å². The van der Waals surface area contributed by atoms with E-state index >= 15 is 0 Å². The third-order valence-corrected chi connectivity index (χ3v) is 3.33. The zero-order chi connectivity index (χ0) is 15.7. The van der Waals surface area contributed by atoms with Crippen molar-refractivity contribution in [3.05, 3.63) is 34.9 Å². The standard InChI is InChI=1S/C17H24O3/c1-16(2,3)12-7-11(9-14(18)15(19)20)8-13(10-12)17(4,5)6/h7-8,10H,9H2,1-6H3,(H,19,20). The summed E-state index contributed by atoms with van der Waals surface area (Å²) in [5, 5.41) is 8.75. The van der Waals surface area contributed by atoms with Gasteiger partial charge >= 0.3 is 5.97 Å². The molecule has 20 heavy (non-hydrogen) atoms. The number of ketones is 1. The van der Waals surface area contributed by atoms with E-state index in [1.165, 1.54) is 0 Å². The van der Waals surface area contributed by atoms with E-state index in [0.717, 1.165) is 16.7 Å². The molecule has 0 aliphatic rings. The molecule has 1 rings (SSSR count). The summed E-state index contributed by atoms with van der Waals surface area (Å²) in [6.45, 7) is 12.7. The Kier molecular flexibility index (Phi) is 4.42. The van der Waals surface area contributed by atoms with Gasteiger partial charge in [-0.25, -0.2) is 4.79 Å². The summed E-state index contributed by atoms with van der Waals surface area (Å²) in [7, 11) is 0. The molecule has 1 aromatic carbocycles. The van der Waals surface area contributed by atoms with Crippen molar-refractivity contribution in [1.82, 2.24) is 0 Å². The van der Waals surface area contributed by atoms with Crippen LogP contribution < -0.4 is 0 Å². The van der Waals surface area contributed by atoms with E-state index in [2.05, 4.69) is 47.6 Å². The molecule has 0 atom stereocenters. The summed E-state index contributed by atoms with van der Waals surface area (Å²) in [6, 6.07) is 6.03. The van der Waals surface area contributed by atoms with Crippen molar-refractivity contribution < 1.29 is 14.7 Å². The first kappa shape index (κ1) is 16.4. The van der Waals surface area contributed by atoms with Crippen LogP contribution in [0.5, 0.6) is 0 Å². The molecular weight excluding hydrogens is 252 g/mol. The lowest BCUT2D eigenvalue weighted by atomic mass is 9.79. The number of Topliss-reactive ketones (excluding diaryl/α,β-unsaturated/α-hetero) is 1. The second kappa shape index (κ2) is 5.39. The summed E-state index contributed by atoms with van der Waals surface area (Å²) in [5.41, 5.74) is 2.94. The van der Waals surface area contributed by atoms with Gasteiger partial charge in [0, 0.05) is 6.42 Å². The monoisotopic (exact) mass is 276 g/mol. The molecule has 0 fully saturated rings. The molecule has 0 aromatic heterocycles. The van der Waals surface area contributed by atoms with Gasteiger partial charge < -0.3 is 5.11 Å². The van der Waals surface area contributed by atoms with E-state index in [1.54, 1.807) is 0 Å². The highest BCUT2D eigenvalue weighted by Crippen LogP contribution is 2.30. The number of benzene rings is 1. The Morgan fingerprint density at radius 2 is 1.30 bits per heavy atom. The summed E-state index contributed by atoms with van der Waals surface area (Å²) in [5.74, 6) is -2.14. The third kappa shape index (κ3) is 4.19. The number of carboxylic acids is 1. The molecule has 0 saturated carbocycles. The molecule has 1 aromatic rings. The van der Waals surface area contributed by atoms with Crippen molar-refractivity contribution in [3.8, 4) is 0 Å². The lowest BCUT2D eigenvalue weighted by Gasteiger charge is -2.26. The highest BCUT2D eigenvalue weighted by Gasteiger charge is 2.22. The van der Waals surface area contributed by atoms with Gasteiger partial charge in [0.05, 0.1) is 0 Å². The predicted octanol–water partition coefficient (Wildman–Crippen LogP) is 3.48. The maximum Gasteiger partial charge on any atom is 0.372 e. The van der Waals surface area contributed by atoms with Crippen LogP contribution in [0, 0.1) is 0 Å². The summed E-state index contributed by atoms with van der Waals surface area (Å²) in [6.07, 6.45) is -0.0532. The SMILES string of the molecule is CC(C)(C)c1cc(CC(=O)C(=O)O)cc(C(C)(C)C)c1. The Morgan fingerprint density at radius 1 is 0.900 bits per heavy atom. The maximum atomic E-state index is 11.4. The van der Waals surface area contributed by atoms with Crippen LogP contribution in [0.3, 0.4) is 0 Å². The minimum Gasteiger partial charge on any atom is -0.475 e. The highest BCUT2D eigenvalue weighted by molar-refractivity contribution is 6.33. The average molecular weight is 276 g/mol. The van der Waals surface area contributed by atoms with Gasteiger partial charge in [0.1, 0.15) is 0 Å². The second-order valence-corrected chi connectivity index (χ2v) is 7.32. The van der Waals surface area contributed by atoms with Gasteiger partial charge in [-0.1, -0.05) is 59.7 Å². The van der Waals surface area contributed by atoms with Gasteiger partial charge in [-0.2, -0.15) is 0 Å². The fourth-order valence-electron chi connectivity index (χ4n) is 1.92. The molecule has 3 heteroatoms. The van der Waals surface area contributed by atoms with Crippen LogP contribution in [0.15, 0.2) is 18.2 Å². The van der Waals surface area contributed by atoms with Crippen molar-refractivity contribution in [2.45, 2.75) is 58.8 Å². The molecule has 0 heterocycles. The number of hydrogen-bond donors (Lipinski definition) is 1. The van der Waals surface area contributed by atoms with Crippen molar-refractivity contribution in [2.24, 2.45) is 0 Å². The van der Waals surface area contributed by atoms with E-state index in [-0.39, 0.29) is 17.3 Å². The quantitative estimate of drug-likeness (QED) is 0.860. The van der Waals surface area contributed by atoms with Crippen LogP contribution in [-0.2, 0) is 26.8 Å². The predicted molar refractivity (Wildman–Crippen MR) is 80.2 cm³/mol. The first-order chi connectivity index (χ1) is 8.91. The average Bonchev–Trinajstić information content (AvgIpc) is 2.26. The molecule has 3 nitrogen and oxygen atoms in total. The molecule has 0 bridgehead atoms. The number of rotatable bonds is 3. The molecule has 0 unspecified atom stereocenters. The largest absolute Gasteiger partial charge is 0.475 e. The van der Waals surface area contributed by atoms with Gasteiger partial charge in [0.15, 0.2) is 0 Å². The molecule has 0 aliphatic carbocycles. The normalized spacial score (nSPS) is 12.3. The van der Waals surface area contributed by atoms with E-state index in [9.17, 15) is 9.59 Å². The molecule has 110 valence electrons. The number of hydrogen-bond acceptors (Lipinski definition) is 2. The number of carboxylic acid groups (broad SMARTS) is 1. The van der Waals surface area contributed by atoms with Gasteiger partial charge in [0.25, 0.3) is 0 Å². The van der Waals surface area contributed by atoms with Crippen LogP contribution in [0.1, 0.15) is 58.2 Å². The molecule has 0 saturated heterocycles. The van der Waals surface area contributed by atoms with Gasteiger partial charge in [-0.3, -0.25) is 4.79 Å². The topological polar surface area (TPSA) is 54.4 Å². The lowest BCUT2D eigenvalue weighted by Crippen LogP contribution is -2.19. The minimum absolute atomic E-state index is 0.0394. The van der Waals surface area contributed by atoms with Crippen molar-refractivity contribution in [1.29, 1.82) is 0 Å². The zero-order valence-electron chi connectivity index (χ0n) is 13.2. The minimum atomic E-state index is -1.37. The Bertz CT molecular complexity index is 496. The van der Waals surface area contributed by atoms with Crippen LogP contribution in [0.2, 0.25) is 0 Å².